The van der Waals surface area contributed by atoms with Gasteiger partial charge in [0.25, 0.3) is 0 Å². The Labute approximate surface area is 153 Å². The fraction of sp³-hybridized carbons (Fsp3) is 0.211. The molecule has 1 unspecified atom stereocenters. The summed E-state index contributed by atoms with van der Waals surface area (Å²) in [5, 5.41) is 3.49. The number of halogens is 1. The zero-order valence-electron chi connectivity index (χ0n) is 14.1. The molecular formula is C19H20ClNO3S. The van der Waals surface area contributed by atoms with Crippen LogP contribution in [0, 0.1) is 0 Å². The van der Waals surface area contributed by atoms with Gasteiger partial charge in [-0.05, 0) is 41.8 Å². The topological polar surface area (TPSA) is 63.2 Å². The van der Waals surface area contributed by atoms with Gasteiger partial charge in [-0.1, -0.05) is 48.9 Å². The number of amides is 1. The van der Waals surface area contributed by atoms with Gasteiger partial charge in [-0.15, -0.1) is 0 Å². The van der Waals surface area contributed by atoms with Crippen molar-refractivity contribution in [1.82, 2.24) is 5.32 Å². The van der Waals surface area contributed by atoms with Gasteiger partial charge in [-0.2, -0.15) is 0 Å². The first-order chi connectivity index (χ1) is 11.8. The van der Waals surface area contributed by atoms with E-state index in [0.717, 1.165) is 11.1 Å². The van der Waals surface area contributed by atoms with E-state index in [-0.39, 0.29) is 16.8 Å². The lowest BCUT2D eigenvalue weighted by Gasteiger charge is -2.16. The maximum absolute atomic E-state index is 12.2. The Hall–Kier alpha value is -2.11. The molecule has 0 radical (unpaired) electrons. The average Bonchev–Trinajstić information content (AvgIpc) is 2.58. The zero-order chi connectivity index (χ0) is 18.4. The fourth-order valence-electron chi connectivity index (χ4n) is 2.36. The maximum Gasteiger partial charge on any atom is 0.244 e. The summed E-state index contributed by atoms with van der Waals surface area (Å²) in [5.74, 6) is -0.237. The molecule has 2 aromatic carbocycles. The van der Waals surface area contributed by atoms with Crippen LogP contribution < -0.4 is 5.32 Å². The number of hydrogen-bond acceptors (Lipinski definition) is 3. The summed E-state index contributed by atoms with van der Waals surface area (Å²) in [5.41, 5.74) is 1.62. The van der Waals surface area contributed by atoms with Crippen molar-refractivity contribution in [1.29, 1.82) is 0 Å². The first-order valence-electron chi connectivity index (χ1n) is 7.84. The number of carbonyl (C=O) groups excluding carboxylic acids is 1. The first kappa shape index (κ1) is 19.2. The first-order valence-corrected chi connectivity index (χ1v) is 10.1. The third-order valence-corrected chi connectivity index (χ3v) is 5.23. The van der Waals surface area contributed by atoms with Crippen molar-refractivity contribution in [2.45, 2.75) is 24.3 Å². The normalized spacial score (nSPS) is 12.9. The van der Waals surface area contributed by atoms with Crippen molar-refractivity contribution in [2.24, 2.45) is 0 Å². The highest BCUT2D eigenvalue weighted by Gasteiger charge is 2.13. The summed E-state index contributed by atoms with van der Waals surface area (Å²) in [4.78, 5) is 12.4. The SMILES string of the molecule is CCC(NC(=O)/C=C/c1ccccc1Cl)c1ccc(S(C)(=O)=O)cc1. The van der Waals surface area contributed by atoms with Crippen LogP contribution in [0.15, 0.2) is 59.5 Å². The van der Waals surface area contributed by atoms with Crippen molar-refractivity contribution in [3.8, 4) is 0 Å². The van der Waals surface area contributed by atoms with Crippen molar-refractivity contribution < 1.29 is 13.2 Å². The molecule has 132 valence electrons. The molecular weight excluding hydrogens is 358 g/mol. The number of rotatable bonds is 6. The lowest BCUT2D eigenvalue weighted by atomic mass is 10.0. The standard InChI is InChI=1S/C19H20ClNO3S/c1-3-18(15-8-11-16(12-9-15)25(2,23)24)21-19(22)13-10-14-6-4-5-7-17(14)20/h4-13,18H,3H2,1-2H3,(H,21,22)/b13-10+. The van der Waals surface area contributed by atoms with E-state index in [0.29, 0.717) is 11.4 Å². The molecule has 0 aliphatic heterocycles. The Kier molecular flexibility index (Phi) is 6.39. The van der Waals surface area contributed by atoms with E-state index in [1.807, 2.05) is 25.1 Å². The largest absolute Gasteiger partial charge is 0.346 e. The van der Waals surface area contributed by atoms with Gasteiger partial charge in [0.05, 0.1) is 10.9 Å². The minimum atomic E-state index is -3.23. The molecule has 4 nitrogen and oxygen atoms in total. The molecule has 1 atom stereocenters. The van der Waals surface area contributed by atoms with E-state index in [2.05, 4.69) is 5.32 Å². The molecule has 0 fully saturated rings. The van der Waals surface area contributed by atoms with E-state index in [4.69, 9.17) is 11.6 Å². The van der Waals surface area contributed by atoms with Crippen molar-refractivity contribution in [3.63, 3.8) is 0 Å². The second kappa shape index (κ2) is 8.32. The van der Waals surface area contributed by atoms with Gasteiger partial charge in [0.1, 0.15) is 0 Å². The van der Waals surface area contributed by atoms with E-state index >= 15 is 0 Å². The van der Waals surface area contributed by atoms with E-state index in [1.165, 1.54) is 12.3 Å². The highest BCUT2D eigenvalue weighted by molar-refractivity contribution is 7.90. The summed E-state index contributed by atoms with van der Waals surface area (Å²) in [7, 11) is -3.23. The van der Waals surface area contributed by atoms with Gasteiger partial charge < -0.3 is 5.32 Å². The van der Waals surface area contributed by atoms with Gasteiger partial charge >= 0.3 is 0 Å². The van der Waals surface area contributed by atoms with Gasteiger partial charge in [0.2, 0.25) is 5.91 Å². The Morgan fingerprint density at radius 1 is 1.16 bits per heavy atom. The number of sulfone groups is 1. The van der Waals surface area contributed by atoms with Gasteiger partial charge in [-0.3, -0.25) is 4.79 Å². The Morgan fingerprint density at radius 2 is 1.80 bits per heavy atom. The number of benzene rings is 2. The summed E-state index contributed by atoms with van der Waals surface area (Å²) in [6.45, 7) is 1.95. The predicted octanol–water partition coefficient (Wildman–Crippen LogP) is 4.02. The predicted molar refractivity (Wildman–Crippen MR) is 101 cm³/mol. The molecule has 0 saturated heterocycles. The van der Waals surface area contributed by atoms with E-state index in [1.54, 1.807) is 36.4 Å². The summed E-state index contributed by atoms with van der Waals surface area (Å²) < 4.78 is 23.0. The molecule has 0 aliphatic carbocycles. The molecule has 6 heteroatoms. The van der Waals surface area contributed by atoms with Gasteiger partial charge in [-0.25, -0.2) is 8.42 Å². The second-order valence-electron chi connectivity index (χ2n) is 5.67. The van der Waals surface area contributed by atoms with Crippen LogP contribution in [0.5, 0.6) is 0 Å². The van der Waals surface area contributed by atoms with Crippen LogP contribution in [0.3, 0.4) is 0 Å². The van der Waals surface area contributed by atoms with Gasteiger partial charge in [0, 0.05) is 17.4 Å². The molecule has 1 N–H and O–H groups in total. The van der Waals surface area contributed by atoms with Crippen LogP contribution >= 0.6 is 11.6 Å². The molecule has 0 spiro atoms. The number of hydrogen-bond donors (Lipinski definition) is 1. The van der Waals surface area contributed by atoms with Crippen LogP contribution in [0.2, 0.25) is 5.02 Å². The fourth-order valence-corrected chi connectivity index (χ4v) is 3.19. The smallest absolute Gasteiger partial charge is 0.244 e. The molecule has 0 saturated carbocycles. The maximum atomic E-state index is 12.2. The Balaban J connectivity index is 2.08. The van der Waals surface area contributed by atoms with Crippen LogP contribution in [-0.4, -0.2) is 20.6 Å². The third kappa shape index (κ3) is 5.44. The highest BCUT2D eigenvalue weighted by Crippen LogP contribution is 2.20. The minimum Gasteiger partial charge on any atom is -0.346 e. The lowest BCUT2D eigenvalue weighted by molar-refractivity contribution is -0.117. The Morgan fingerprint density at radius 3 is 2.36 bits per heavy atom. The van der Waals surface area contributed by atoms with Crippen LogP contribution in [0.25, 0.3) is 6.08 Å². The molecule has 1 amide bonds. The molecule has 25 heavy (non-hydrogen) atoms. The van der Waals surface area contributed by atoms with Gasteiger partial charge in [0.15, 0.2) is 9.84 Å². The van der Waals surface area contributed by atoms with E-state index in [9.17, 15) is 13.2 Å². The minimum absolute atomic E-state index is 0.197. The summed E-state index contributed by atoms with van der Waals surface area (Å²) >= 11 is 6.06. The van der Waals surface area contributed by atoms with E-state index < -0.39 is 9.84 Å². The molecule has 0 aromatic heterocycles. The van der Waals surface area contributed by atoms with Crippen LogP contribution in [0.4, 0.5) is 0 Å². The summed E-state index contributed by atoms with van der Waals surface area (Å²) in [6, 6.07) is 13.6. The van der Waals surface area contributed by atoms with Crippen LogP contribution in [0.1, 0.15) is 30.5 Å². The molecule has 0 bridgehead atoms. The quantitative estimate of drug-likeness (QED) is 0.773. The monoisotopic (exact) mass is 377 g/mol. The molecule has 0 aliphatic rings. The van der Waals surface area contributed by atoms with Crippen molar-refractivity contribution in [2.75, 3.05) is 6.26 Å². The highest BCUT2D eigenvalue weighted by atomic mass is 35.5. The van der Waals surface area contributed by atoms with Crippen LogP contribution in [-0.2, 0) is 14.6 Å². The summed E-state index contributed by atoms with van der Waals surface area (Å²) in [6.07, 6.45) is 4.95. The molecule has 0 heterocycles. The van der Waals surface area contributed by atoms with Crippen molar-refractivity contribution in [3.05, 3.63) is 70.8 Å². The lowest BCUT2D eigenvalue weighted by Crippen LogP contribution is -2.26. The third-order valence-electron chi connectivity index (χ3n) is 3.75. The molecule has 2 aromatic rings. The molecule has 2 rings (SSSR count). The Bertz CT molecular complexity index is 874. The average molecular weight is 378 g/mol. The second-order valence-corrected chi connectivity index (χ2v) is 8.09. The number of carbonyl (C=O) groups is 1. The zero-order valence-corrected chi connectivity index (χ0v) is 15.6. The van der Waals surface area contributed by atoms with Crippen molar-refractivity contribution >= 4 is 33.4 Å². The number of nitrogens with one attached hydrogen (secondary N) is 1.